The van der Waals surface area contributed by atoms with Crippen molar-refractivity contribution < 1.29 is 39.6 Å². The number of ketones is 2. The summed E-state index contributed by atoms with van der Waals surface area (Å²) >= 11 is 0. The summed E-state index contributed by atoms with van der Waals surface area (Å²) in [7, 11) is 0. The number of carbonyl (C=O) groups excluding carboxylic acids is 2. The van der Waals surface area contributed by atoms with Gasteiger partial charge in [0.2, 0.25) is 0 Å². The van der Waals surface area contributed by atoms with Crippen LogP contribution < -0.4 is 4.90 Å². The largest absolute Gasteiger partial charge is 0.477 e. The van der Waals surface area contributed by atoms with Crippen molar-refractivity contribution >= 4 is 34.6 Å². The molecule has 0 spiro atoms. The van der Waals surface area contributed by atoms with E-state index in [1.165, 1.54) is 12.3 Å². The van der Waals surface area contributed by atoms with E-state index < -0.39 is 11.4 Å². The van der Waals surface area contributed by atoms with E-state index >= 15 is 0 Å². The predicted octanol–water partition coefficient (Wildman–Crippen LogP) is 9.09. The minimum atomic E-state index is -1.04. The van der Waals surface area contributed by atoms with Crippen LogP contribution in [0.3, 0.4) is 0 Å². The molecule has 1 radical (unpaired) electrons. The van der Waals surface area contributed by atoms with E-state index in [4.69, 9.17) is 15.1 Å². The topological polar surface area (TPSA) is 113 Å². The number of carboxylic acids is 1. The number of fused-ring (bicyclic) bond motifs is 2. The maximum absolute atomic E-state index is 12.8. The van der Waals surface area contributed by atoms with Crippen molar-refractivity contribution in [3.05, 3.63) is 203 Å². The number of carboxylic acid groups (broad SMARTS) is 1. The number of para-hydroxylation sites is 1. The first-order valence-electron chi connectivity index (χ1n) is 16.9. The van der Waals surface area contributed by atoms with Crippen LogP contribution in [0.5, 0.6) is 0 Å². The zero-order valence-electron chi connectivity index (χ0n) is 29.2. The Balaban J connectivity index is 0.000000438. The molecule has 3 aromatic heterocycles. The number of hydrogen-bond acceptors (Lipinski definition) is 7. The molecule has 54 heavy (non-hydrogen) atoms. The summed E-state index contributed by atoms with van der Waals surface area (Å²) in [6, 6.07) is 50.7. The first-order valence-corrected chi connectivity index (χ1v) is 16.9. The summed E-state index contributed by atoms with van der Waals surface area (Å²) in [5.41, 5.74) is 7.44. The van der Waals surface area contributed by atoms with Crippen LogP contribution in [0.2, 0.25) is 0 Å². The number of pyridine rings is 3. The van der Waals surface area contributed by atoms with Gasteiger partial charge in [-0.15, -0.1) is 47.5 Å². The molecule has 4 heterocycles. The van der Waals surface area contributed by atoms with Crippen LogP contribution in [0.15, 0.2) is 152 Å². The van der Waals surface area contributed by atoms with E-state index in [0.717, 1.165) is 50.8 Å². The van der Waals surface area contributed by atoms with Gasteiger partial charge in [-0.25, -0.2) is 9.78 Å². The molecule has 0 amide bonds. The monoisotopic (exact) mass is 885 g/mol. The number of hydrogen-bond donors (Lipinski definition) is 1. The summed E-state index contributed by atoms with van der Waals surface area (Å²) in [5.74, 6) is -1.10. The fourth-order valence-electron chi connectivity index (χ4n) is 6.62. The number of benzene rings is 4. The second-order valence-corrected chi connectivity index (χ2v) is 12.3. The normalized spacial score (nSPS) is 13.9. The van der Waals surface area contributed by atoms with E-state index in [2.05, 4.69) is 22.0 Å². The van der Waals surface area contributed by atoms with E-state index in [1.54, 1.807) is 38.2 Å². The maximum Gasteiger partial charge on any atom is 0.354 e. The van der Waals surface area contributed by atoms with Crippen molar-refractivity contribution in [1.29, 1.82) is 0 Å². The van der Waals surface area contributed by atoms with E-state index in [0.29, 0.717) is 11.1 Å². The van der Waals surface area contributed by atoms with Gasteiger partial charge in [-0.2, -0.15) is 12.1 Å². The summed E-state index contributed by atoms with van der Waals surface area (Å²) in [4.78, 5) is 51.6. The van der Waals surface area contributed by atoms with Crippen molar-refractivity contribution in [3.63, 3.8) is 0 Å². The molecule has 0 fully saturated rings. The molecule has 1 aliphatic heterocycles. The Bertz CT molecular complexity index is 2380. The number of aromatic carboxylic acids is 1. The number of aromatic nitrogens is 3. The summed E-state index contributed by atoms with van der Waals surface area (Å²) < 4.78 is 0. The number of nitrogens with zero attached hydrogens (tertiary/aromatic N) is 4. The van der Waals surface area contributed by atoms with Gasteiger partial charge in [-0.3, -0.25) is 14.8 Å². The zero-order chi connectivity index (χ0) is 37.0. The van der Waals surface area contributed by atoms with Crippen LogP contribution in [-0.4, -0.2) is 37.6 Å². The number of anilines is 3. The van der Waals surface area contributed by atoms with Crippen LogP contribution >= 0.6 is 0 Å². The molecular formula is C45H32IrN4O4-2. The molecule has 9 heteroatoms. The molecule has 8 nitrogen and oxygen atoms in total. The fourth-order valence-corrected chi connectivity index (χ4v) is 6.62. The molecule has 4 aromatic carbocycles. The van der Waals surface area contributed by atoms with Crippen molar-refractivity contribution in [2.45, 2.75) is 19.3 Å². The predicted molar refractivity (Wildman–Crippen MR) is 203 cm³/mol. The molecule has 8 rings (SSSR count). The SMILES string of the molecule is CC(=O)c1c[c-]c2c(c1)N(c1ccccc1)c1cc(C(C)=O)ccc1[C@]2(c1ccccn1)c1cccc(-c2[c-]cccc2)n1.O=C(O)c1ccccn1.[Ir]. The Labute approximate surface area is 326 Å². The van der Waals surface area contributed by atoms with E-state index in [-0.39, 0.29) is 37.4 Å². The third-order valence-corrected chi connectivity index (χ3v) is 9.06. The van der Waals surface area contributed by atoms with Crippen molar-refractivity contribution in [3.8, 4) is 11.3 Å². The minimum absolute atomic E-state index is 0. The van der Waals surface area contributed by atoms with Gasteiger partial charge in [0.05, 0.1) is 11.1 Å². The molecule has 0 aliphatic carbocycles. The molecule has 1 atom stereocenters. The average Bonchev–Trinajstić information content (AvgIpc) is 3.21. The van der Waals surface area contributed by atoms with E-state index in [1.807, 2.05) is 115 Å². The molecule has 0 saturated carbocycles. The van der Waals surface area contributed by atoms with E-state index in [9.17, 15) is 14.4 Å². The standard InChI is InChI=1S/C39H27N3O2.C6H5NO2.Ir/c1-26(43)29-19-21-32-35(24-29)42(31-14-7-4-8-15-31)36-25-30(27(2)44)20-22-33(36)39(32,37-17-9-10-23-40-37)38-18-11-16-34(41-38)28-12-5-3-6-13-28;8-6(9)5-3-1-2-4-7-5;/h3-12,14-21,23-25H,1-2H3;1-4H,(H,8,9);/q-2;;/t39-;;/m0../s1. The number of rotatable bonds is 7. The second kappa shape index (κ2) is 16.1. The molecule has 0 saturated heterocycles. The second-order valence-electron chi connectivity index (χ2n) is 12.3. The smallest absolute Gasteiger partial charge is 0.354 e. The molecule has 1 aliphatic rings. The first-order chi connectivity index (χ1) is 25.8. The molecule has 0 unspecified atom stereocenters. The molecule has 1 N–H and O–H groups in total. The molecule has 7 aromatic rings. The summed E-state index contributed by atoms with van der Waals surface area (Å²) in [6.07, 6.45) is 3.23. The maximum atomic E-state index is 12.8. The molecule has 0 bridgehead atoms. The van der Waals surface area contributed by atoms with Gasteiger partial charge < -0.3 is 14.8 Å². The van der Waals surface area contributed by atoms with Crippen molar-refractivity contribution in [2.24, 2.45) is 0 Å². The molecule has 267 valence electrons. The Morgan fingerprint density at radius 2 is 1.35 bits per heavy atom. The van der Waals surface area contributed by atoms with Gasteiger partial charge >= 0.3 is 5.97 Å². The van der Waals surface area contributed by atoms with Crippen LogP contribution in [0.1, 0.15) is 67.6 Å². The van der Waals surface area contributed by atoms with Gasteiger partial charge in [0.15, 0.2) is 5.78 Å². The summed E-state index contributed by atoms with van der Waals surface area (Å²) in [6.45, 7) is 3.13. The number of carbonyl (C=O) groups is 3. The Hall–Kier alpha value is -6.41. The Kier molecular flexibility index (Phi) is 11.1. The third-order valence-electron chi connectivity index (χ3n) is 9.06. The van der Waals surface area contributed by atoms with Gasteiger partial charge in [0.1, 0.15) is 11.5 Å². The van der Waals surface area contributed by atoms with Gasteiger partial charge in [-0.05, 0) is 73.6 Å². The van der Waals surface area contributed by atoms with Crippen molar-refractivity contribution in [1.82, 2.24) is 15.0 Å². The Morgan fingerprint density at radius 1 is 0.667 bits per heavy atom. The van der Waals surface area contributed by atoms with Crippen LogP contribution in [-0.2, 0) is 25.5 Å². The van der Waals surface area contributed by atoms with Crippen molar-refractivity contribution in [2.75, 3.05) is 4.90 Å². The van der Waals surface area contributed by atoms with Gasteiger partial charge in [0.25, 0.3) is 0 Å². The van der Waals surface area contributed by atoms with Gasteiger partial charge in [-0.1, -0.05) is 65.8 Å². The quantitative estimate of drug-likeness (QED) is 0.125. The van der Waals surface area contributed by atoms with Gasteiger partial charge in [0, 0.05) is 55.1 Å². The number of Topliss-reactive ketones (excluding diaryl/α,β-unsaturated/α-hetero) is 2. The Morgan fingerprint density at radius 3 is 1.98 bits per heavy atom. The van der Waals surface area contributed by atoms with Crippen LogP contribution in [0.25, 0.3) is 11.3 Å². The van der Waals surface area contributed by atoms with Crippen LogP contribution in [0.4, 0.5) is 17.1 Å². The van der Waals surface area contributed by atoms with Crippen LogP contribution in [0, 0.1) is 12.1 Å². The summed E-state index contributed by atoms with van der Waals surface area (Å²) in [5, 5.41) is 8.32. The fraction of sp³-hybridized carbons (Fsp3) is 0.0667. The average molecular weight is 885 g/mol. The first kappa shape index (κ1) is 37.3. The zero-order valence-corrected chi connectivity index (χ0v) is 31.6. The minimum Gasteiger partial charge on any atom is -0.477 e. The molecular weight excluding hydrogens is 853 g/mol. The third kappa shape index (κ3) is 7.03.